The normalized spacial score (nSPS) is 20.0. The molecule has 1 unspecified atom stereocenters. The highest BCUT2D eigenvalue weighted by molar-refractivity contribution is 5.82. The van der Waals surface area contributed by atoms with E-state index in [0.717, 1.165) is 37.6 Å². The minimum Gasteiger partial charge on any atom is -0.459 e. The van der Waals surface area contributed by atoms with E-state index >= 15 is 0 Å². The molecule has 2 aromatic rings. The zero-order valence-electron chi connectivity index (χ0n) is 12.0. The van der Waals surface area contributed by atoms with Crippen molar-refractivity contribution in [2.75, 3.05) is 26.8 Å². The van der Waals surface area contributed by atoms with Crippen LogP contribution < -0.4 is 5.73 Å². The van der Waals surface area contributed by atoms with Crippen molar-refractivity contribution in [1.29, 1.82) is 0 Å². The monoisotopic (exact) mass is 274 g/mol. The van der Waals surface area contributed by atoms with Crippen LogP contribution in [0.15, 0.2) is 28.7 Å². The molecule has 0 saturated carbocycles. The number of fused-ring (bicyclic) bond motifs is 1. The number of likely N-dealkylation sites (tertiary alicyclic amines) is 1. The lowest BCUT2D eigenvalue weighted by molar-refractivity contribution is 0.152. The number of para-hydroxylation sites is 1. The Kier molecular flexibility index (Phi) is 4.05. The molecule has 0 radical (unpaired) electrons. The molecule has 1 fully saturated rings. The number of rotatable bonds is 5. The van der Waals surface area contributed by atoms with Gasteiger partial charge in [-0.05, 0) is 24.9 Å². The van der Waals surface area contributed by atoms with Crippen LogP contribution >= 0.6 is 0 Å². The fraction of sp³-hybridized carbons (Fsp3) is 0.500. The van der Waals surface area contributed by atoms with Crippen molar-refractivity contribution in [3.05, 3.63) is 35.6 Å². The van der Waals surface area contributed by atoms with E-state index in [4.69, 9.17) is 14.9 Å². The summed E-state index contributed by atoms with van der Waals surface area (Å²) in [6, 6.07) is 8.19. The Labute approximate surface area is 119 Å². The smallest absolute Gasteiger partial charge is 0.134 e. The van der Waals surface area contributed by atoms with Crippen molar-refractivity contribution in [2.24, 2.45) is 11.7 Å². The van der Waals surface area contributed by atoms with E-state index in [2.05, 4.69) is 17.0 Å². The van der Waals surface area contributed by atoms with Crippen molar-refractivity contribution >= 4 is 11.0 Å². The summed E-state index contributed by atoms with van der Waals surface area (Å²) in [6.45, 7) is 4.45. The number of ether oxygens (including phenoxy) is 1. The molecule has 108 valence electrons. The Morgan fingerprint density at radius 3 is 3.05 bits per heavy atom. The zero-order chi connectivity index (χ0) is 13.9. The van der Waals surface area contributed by atoms with E-state index in [-0.39, 0.29) is 0 Å². The van der Waals surface area contributed by atoms with Crippen LogP contribution in [0.25, 0.3) is 11.0 Å². The summed E-state index contributed by atoms with van der Waals surface area (Å²) < 4.78 is 11.1. The van der Waals surface area contributed by atoms with Gasteiger partial charge in [-0.2, -0.15) is 0 Å². The van der Waals surface area contributed by atoms with Gasteiger partial charge in [-0.3, -0.25) is 4.90 Å². The molecule has 2 heterocycles. The van der Waals surface area contributed by atoms with Gasteiger partial charge < -0.3 is 14.9 Å². The fourth-order valence-electron chi connectivity index (χ4n) is 3.14. The fourth-order valence-corrected chi connectivity index (χ4v) is 3.14. The highest BCUT2D eigenvalue weighted by atomic mass is 16.5. The lowest BCUT2D eigenvalue weighted by Gasteiger charge is -2.16. The van der Waals surface area contributed by atoms with Gasteiger partial charge >= 0.3 is 0 Å². The van der Waals surface area contributed by atoms with Crippen molar-refractivity contribution in [3.63, 3.8) is 0 Å². The van der Waals surface area contributed by atoms with E-state index in [9.17, 15) is 0 Å². The molecule has 1 aromatic carbocycles. The summed E-state index contributed by atoms with van der Waals surface area (Å²) >= 11 is 0. The van der Waals surface area contributed by atoms with Gasteiger partial charge in [0.25, 0.3) is 0 Å². The lowest BCUT2D eigenvalue weighted by Crippen LogP contribution is -2.22. The van der Waals surface area contributed by atoms with Crippen molar-refractivity contribution in [3.8, 4) is 0 Å². The molecule has 0 bridgehead atoms. The summed E-state index contributed by atoms with van der Waals surface area (Å²) in [7, 11) is 1.78. The van der Waals surface area contributed by atoms with Crippen LogP contribution in [0.5, 0.6) is 0 Å². The minimum absolute atomic E-state index is 0.458. The Hall–Kier alpha value is -1.36. The van der Waals surface area contributed by atoms with Crippen LogP contribution in [0.1, 0.15) is 17.7 Å². The molecule has 1 aliphatic rings. The quantitative estimate of drug-likeness (QED) is 0.909. The molecule has 2 N–H and O–H groups in total. The number of furan rings is 1. The van der Waals surface area contributed by atoms with E-state index in [1.807, 2.05) is 12.1 Å². The zero-order valence-corrected chi connectivity index (χ0v) is 12.0. The Morgan fingerprint density at radius 2 is 2.25 bits per heavy atom. The first-order chi connectivity index (χ1) is 9.81. The maximum atomic E-state index is 5.86. The third kappa shape index (κ3) is 2.59. The maximum Gasteiger partial charge on any atom is 0.134 e. The number of nitrogens with zero attached hydrogens (tertiary/aromatic N) is 1. The van der Waals surface area contributed by atoms with Crippen molar-refractivity contribution < 1.29 is 9.15 Å². The minimum atomic E-state index is 0.458. The second kappa shape index (κ2) is 5.95. The third-order valence-corrected chi connectivity index (χ3v) is 4.12. The van der Waals surface area contributed by atoms with E-state index in [0.29, 0.717) is 12.5 Å². The van der Waals surface area contributed by atoms with Crippen LogP contribution in [-0.2, 0) is 17.8 Å². The first-order valence-electron chi connectivity index (χ1n) is 7.22. The molecule has 4 heteroatoms. The molecule has 0 amide bonds. The molecular formula is C16H22N2O2. The summed E-state index contributed by atoms with van der Waals surface area (Å²) in [5.74, 6) is 1.57. The molecular weight excluding hydrogens is 252 g/mol. The molecule has 20 heavy (non-hydrogen) atoms. The third-order valence-electron chi connectivity index (χ3n) is 4.12. The molecule has 3 rings (SSSR count). The van der Waals surface area contributed by atoms with Gasteiger partial charge in [0.2, 0.25) is 0 Å². The highest BCUT2D eigenvalue weighted by Crippen LogP contribution is 2.28. The molecule has 0 aliphatic carbocycles. The second-order valence-electron chi connectivity index (χ2n) is 5.55. The summed E-state index contributed by atoms with van der Waals surface area (Å²) in [5.41, 5.74) is 8.02. The summed E-state index contributed by atoms with van der Waals surface area (Å²) in [5, 5.41) is 1.20. The Morgan fingerprint density at radius 1 is 1.40 bits per heavy atom. The van der Waals surface area contributed by atoms with Gasteiger partial charge in [-0.15, -0.1) is 0 Å². The Balaban J connectivity index is 1.80. The number of methoxy groups -OCH3 is 1. The van der Waals surface area contributed by atoms with E-state index in [1.54, 1.807) is 7.11 Å². The van der Waals surface area contributed by atoms with Gasteiger partial charge in [0.05, 0.1) is 13.2 Å². The summed E-state index contributed by atoms with van der Waals surface area (Å²) in [4.78, 5) is 2.47. The Bertz CT molecular complexity index is 579. The molecule has 1 saturated heterocycles. The van der Waals surface area contributed by atoms with Gasteiger partial charge in [0, 0.05) is 31.1 Å². The highest BCUT2D eigenvalue weighted by Gasteiger charge is 2.24. The van der Waals surface area contributed by atoms with Crippen molar-refractivity contribution in [2.45, 2.75) is 19.5 Å². The average molecular weight is 274 g/mol. The van der Waals surface area contributed by atoms with Gasteiger partial charge in [0.1, 0.15) is 11.3 Å². The lowest BCUT2D eigenvalue weighted by atomic mass is 10.1. The van der Waals surface area contributed by atoms with Crippen molar-refractivity contribution in [1.82, 2.24) is 4.90 Å². The van der Waals surface area contributed by atoms with Gasteiger partial charge in [-0.25, -0.2) is 0 Å². The average Bonchev–Trinajstić information content (AvgIpc) is 3.05. The predicted octanol–water partition coefficient (Wildman–Crippen LogP) is 2.36. The second-order valence-corrected chi connectivity index (χ2v) is 5.55. The first-order valence-corrected chi connectivity index (χ1v) is 7.22. The standard InChI is InChI=1S/C16H22N2O2/c1-19-11-12-6-7-18(9-12)10-14-13-4-2-3-5-15(13)20-16(14)8-17/h2-5,12H,6-11,17H2,1H3. The molecule has 0 spiro atoms. The topological polar surface area (TPSA) is 51.6 Å². The number of nitrogens with two attached hydrogens (primary N) is 1. The van der Waals surface area contributed by atoms with Crippen LogP contribution in [0.2, 0.25) is 0 Å². The molecule has 4 nitrogen and oxygen atoms in total. The predicted molar refractivity (Wildman–Crippen MR) is 79.4 cm³/mol. The van der Waals surface area contributed by atoms with Gasteiger partial charge in [0.15, 0.2) is 0 Å². The van der Waals surface area contributed by atoms with Crippen LogP contribution in [0.3, 0.4) is 0 Å². The number of hydrogen-bond acceptors (Lipinski definition) is 4. The van der Waals surface area contributed by atoms with Crippen LogP contribution in [-0.4, -0.2) is 31.7 Å². The maximum absolute atomic E-state index is 5.86. The molecule has 1 atom stereocenters. The molecule has 1 aliphatic heterocycles. The number of benzene rings is 1. The van der Waals surface area contributed by atoms with E-state index < -0.39 is 0 Å². The van der Waals surface area contributed by atoms with Crippen LogP contribution in [0.4, 0.5) is 0 Å². The summed E-state index contributed by atoms with van der Waals surface area (Å²) in [6.07, 6.45) is 1.21. The number of hydrogen-bond donors (Lipinski definition) is 1. The van der Waals surface area contributed by atoms with Crippen LogP contribution in [0, 0.1) is 5.92 Å². The van der Waals surface area contributed by atoms with Gasteiger partial charge in [-0.1, -0.05) is 18.2 Å². The first kappa shape index (κ1) is 13.6. The SMILES string of the molecule is COCC1CCN(Cc2c(CN)oc3ccccc23)C1. The largest absolute Gasteiger partial charge is 0.459 e. The van der Waals surface area contributed by atoms with E-state index in [1.165, 1.54) is 17.4 Å². The molecule has 1 aromatic heterocycles.